The van der Waals surface area contributed by atoms with Gasteiger partial charge >= 0.3 is 0 Å². The molecule has 2 unspecified atom stereocenters. The molecule has 0 saturated heterocycles. The molecule has 0 aliphatic carbocycles. The summed E-state index contributed by atoms with van der Waals surface area (Å²) in [7, 11) is 0. The monoisotopic (exact) mass is 217 g/mol. The highest BCUT2D eigenvalue weighted by Gasteiger charge is 2.01. The fraction of sp³-hybridized carbons (Fsp3) is 1.00. The van der Waals surface area contributed by atoms with Crippen LogP contribution in [0.3, 0.4) is 0 Å². The van der Waals surface area contributed by atoms with Crippen molar-refractivity contribution >= 4 is 11.8 Å². The summed E-state index contributed by atoms with van der Waals surface area (Å²) in [5.41, 5.74) is 0. The number of rotatable bonds is 9. The SMILES string of the molecule is CCNC(C)CCCCSC(C)CC. The van der Waals surface area contributed by atoms with Gasteiger partial charge in [0.05, 0.1) is 0 Å². The van der Waals surface area contributed by atoms with Crippen molar-refractivity contribution in [2.24, 2.45) is 0 Å². The van der Waals surface area contributed by atoms with E-state index in [4.69, 9.17) is 0 Å². The van der Waals surface area contributed by atoms with Crippen molar-refractivity contribution in [2.45, 2.75) is 64.7 Å². The van der Waals surface area contributed by atoms with E-state index in [1.54, 1.807) is 0 Å². The number of hydrogen-bond acceptors (Lipinski definition) is 2. The smallest absolute Gasteiger partial charge is 0.00386 e. The summed E-state index contributed by atoms with van der Waals surface area (Å²) in [5, 5.41) is 4.30. The summed E-state index contributed by atoms with van der Waals surface area (Å²) in [4.78, 5) is 0. The first kappa shape index (κ1) is 14.3. The Morgan fingerprint density at radius 1 is 1.14 bits per heavy atom. The second kappa shape index (κ2) is 9.85. The van der Waals surface area contributed by atoms with Gasteiger partial charge in [0.25, 0.3) is 0 Å². The zero-order chi connectivity index (χ0) is 10.8. The quantitative estimate of drug-likeness (QED) is 0.591. The summed E-state index contributed by atoms with van der Waals surface area (Å²) in [6, 6.07) is 0.702. The maximum atomic E-state index is 3.45. The fourth-order valence-corrected chi connectivity index (χ4v) is 2.41. The Kier molecular flexibility index (Phi) is 10.1. The number of unbranched alkanes of at least 4 members (excludes halogenated alkanes) is 1. The van der Waals surface area contributed by atoms with Crippen LogP contribution in [0, 0.1) is 0 Å². The van der Waals surface area contributed by atoms with E-state index in [0.29, 0.717) is 6.04 Å². The summed E-state index contributed by atoms with van der Waals surface area (Å²) in [5.74, 6) is 1.34. The topological polar surface area (TPSA) is 12.0 Å². The summed E-state index contributed by atoms with van der Waals surface area (Å²) >= 11 is 2.12. The van der Waals surface area contributed by atoms with Gasteiger partial charge in [-0.1, -0.05) is 27.2 Å². The predicted molar refractivity (Wildman–Crippen MR) is 69.2 cm³/mol. The molecule has 0 aliphatic heterocycles. The van der Waals surface area contributed by atoms with Crippen LogP contribution >= 0.6 is 11.8 Å². The van der Waals surface area contributed by atoms with Gasteiger partial charge < -0.3 is 5.32 Å². The Bertz CT molecular complexity index is 117. The average molecular weight is 217 g/mol. The lowest BCUT2D eigenvalue weighted by atomic mass is 10.1. The molecule has 0 aliphatic rings. The van der Waals surface area contributed by atoms with Crippen molar-refractivity contribution in [3.8, 4) is 0 Å². The van der Waals surface area contributed by atoms with E-state index in [-0.39, 0.29) is 0 Å². The van der Waals surface area contributed by atoms with Crippen LogP contribution in [0.15, 0.2) is 0 Å². The molecule has 0 bridgehead atoms. The van der Waals surface area contributed by atoms with Gasteiger partial charge in [-0.2, -0.15) is 11.8 Å². The van der Waals surface area contributed by atoms with Crippen molar-refractivity contribution in [3.05, 3.63) is 0 Å². The minimum Gasteiger partial charge on any atom is -0.315 e. The molecule has 0 radical (unpaired) electrons. The van der Waals surface area contributed by atoms with Crippen molar-refractivity contribution in [2.75, 3.05) is 12.3 Å². The van der Waals surface area contributed by atoms with Crippen molar-refractivity contribution in [1.82, 2.24) is 5.32 Å². The molecule has 0 saturated carbocycles. The van der Waals surface area contributed by atoms with Gasteiger partial charge in [0, 0.05) is 11.3 Å². The molecule has 0 heterocycles. The molecule has 2 heteroatoms. The summed E-state index contributed by atoms with van der Waals surface area (Å²) in [6.07, 6.45) is 5.38. The van der Waals surface area contributed by atoms with E-state index in [0.717, 1.165) is 11.8 Å². The van der Waals surface area contributed by atoms with Crippen molar-refractivity contribution in [1.29, 1.82) is 0 Å². The minimum atomic E-state index is 0.702. The largest absolute Gasteiger partial charge is 0.315 e. The van der Waals surface area contributed by atoms with Crippen LogP contribution in [0.5, 0.6) is 0 Å². The molecule has 86 valence electrons. The maximum absolute atomic E-state index is 3.45. The van der Waals surface area contributed by atoms with Gasteiger partial charge in [-0.25, -0.2) is 0 Å². The molecule has 1 nitrogen and oxygen atoms in total. The van der Waals surface area contributed by atoms with E-state index in [1.807, 2.05) is 0 Å². The molecule has 14 heavy (non-hydrogen) atoms. The molecule has 0 spiro atoms. The van der Waals surface area contributed by atoms with Gasteiger partial charge in [0.2, 0.25) is 0 Å². The Hall–Kier alpha value is 0.310. The highest BCUT2D eigenvalue weighted by Crippen LogP contribution is 2.15. The zero-order valence-electron chi connectivity index (χ0n) is 10.3. The van der Waals surface area contributed by atoms with Crippen LogP contribution in [0.4, 0.5) is 0 Å². The van der Waals surface area contributed by atoms with Gasteiger partial charge in [-0.15, -0.1) is 0 Å². The minimum absolute atomic E-state index is 0.702. The number of thioether (sulfide) groups is 1. The molecular weight excluding hydrogens is 190 g/mol. The van der Waals surface area contributed by atoms with E-state index in [1.165, 1.54) is 31.4 Å². The van der Waals surface area contributed by atoms with Crippen LogP contribution in [0.1, 0.15) is 53.4 Å². The van der Waals surface area contributed by atoms with Crippen LogP contribution in [0.2, 0.25) is 0 Å². The first-order chi connectivity index (χ1) is 6.70. The standard InChI is InChI=1S/C12H27NS/c1-5-12(4)14-10-8-7-9-11(3)13-6-2/h11-13H,5-10H2,1-4H3. The number of hydrogen-bond donors (Lipinski definition) is 1. The lowest BCUT2D eigenvalue weighted by Gasteiger charge is -2.12. The fourth-order valence-electron chi connectivity index (χ4n) is 1.41. The van der Waals surface area contributed by atoms with E-state index < -0.39 is 0 Å². The van der Waals surface area contributed by atoms with E-state index in [2.05, 4.69) is 44.8 Å². The third kappa shape index (κ3) is 8.89. The Balaban J connectivity index is 3.13. The first-order valence-electron chi connectivity index (χ1n) is 6.05. The molecule has 2 atom stereocenters. The van der Waals surface area contributed by atoms with Gasteiger partial charge in [-0.05, 0) is 38.5 Å². The molecule has 1 N–H and O–H groups in total. The van der Waals surface area contributed by atoms with Crippen LogP contribution in [-0.2, 0) is 0 Å². The summed E-state index contributed by atoms with van der Waals surface area (Å²) < 4.78 is 0. The first-order valence-corrected chi connectivity index (χ1v) is 7.10. The van der Waals surface area contributed by atoms with Gasteiger partial charge in [-0.3, -0.25) is 0 Å². The molecule has 0 amide bonds. The lowest BCUT2D eigenvalue weighted by Crippen LogP contribution is -2.25. The molecule has 0 fully saturated rings. The molecule has 0 rings (SSSR count). The van der Waals surface area contributed by atoms with Gasteiger partial charge in [0.15, 0.2) is 0 Å². The number of nitrogens with one attached hydrogen (secondary N) is 1. The van der Waals surface area contributed by atoms with Crippen molar-refractivity contribution < 1.29 is 0 Å². The van der Waals surface area contributed by atoms with E-state index >= 15 is 0 Å². The third-order valence-electron chi connectivity index (χ3n) is 2.56. The van der Waals surface area contributed by atoms with Gasteiger partial charge in [0.1, 0.15) is 0 Å². The molecule has 0 aromatic heterocycles. The zero-order valence-corrected chi connectivity index (χ0v) is 11.1. The Morgan fingerprint density at radius 2 is 1.86 bits per heavy atom. The molecule has 0 aromatic rings. The maximum Gasteiger partial charge on any atom is 0.00386 e. The molecule has 0 aromatic carbocycles. The highest BCUT2D eigenvalue weighted by atomic mass is 32.2. The second-order valence-electron chi connectivity index (χ2n) is 4.04. The summed E-state index contributed by atoms with van der Waals surface area (Å²) in [6.45, 7) is 10.2. The lowest BCUT2D eigenvalue weighted by molar-refractivity contribution is 0.510. The molecular formula is C12H27NS. The van der Waals surface area contributed by atoms with Crippen LogP contribution in [0.25, 0.3) is 0 Å². The average Bonchev–Trinajstić information content (AvgIpc) is 2.17. The van der Waals surface area contributed by atoms with E-state index in [9.17, 15) is 0 Å². The predicted octanol–water partition coefficient (Wildman–Crippen LogP) is 3.69. The van der Waals surface area contributed by atoms with Crippen LogP contribution in [-0.4, -0.2) is 23.6 Å². The van der Waals surface area contributed by atoms with Crippen LogP contribution < -0.4 is 5.32 Å². The highest BCUT2D eigenvalue weighted by molar-refractivity contribution is 7.99. The van der Waals surface area contributed by atoms with Crippen molar-refractivity contribution in [3.63, 3.8) is 0 Å². The third-order valence-corrected chi connectivity index (χ3v) is 3.99. The Labute approximate surface area is 94.4 Å². The second-order valence-corrected chi connectivity index (χ2v) is 5.59. The Morgan fingerprint density at radius 3 is 2.43 bits per heavy atom. The normalized spacial score (nSPS) is 15.4.